The molecule has 0 aliphatic rings. The van der Waals surface area contributed by atoms with Gasteiger partial charge in [-0.1, -0.05) is 81.4 Å². The predicted octanol–water partition coefficient (Wildman–Crippen LogP) is 7.48. The van der Waals surface area contributed by atoms with Crippen LogP contribution in [0, 0.1) is 0 Å². The van der Waals surface area contributed by atoms with E-state index in [0.29, 0.717) is 17.0 Å². The lowest BCUT2D eigenvalue weighted by atomic mass is 9.86. The molecule has 4 nitrogen and oxygen atoms in total. The fraction of sp³-hybridized carbons (Fsp3) is 0.133. The van der Waals surface area contributed by atoms with Crippen molar-refractivity contribution in [1.29, 1.82) is 0 Å². The topological polar surface area (TPSA) is 48.0 Å². The van der Waals surface area contributed by atoms with Crippen LogP contribution in [0.2, 0.25) is 0 Å². The van der Waals surface area contributed by atoms with Crippen LogP contribution in [-0.4, -0.2) is 15.6 Å². The minimum atomic E-state index is -0.0523. The Balaban J connectivity index is 1.51. The molecule has 3 aromatic carbocycles. The van der Waals surface area contributed by atoms with Crippen LogP contribution >= 0.6 is 0 Å². The molecule has 0 bridgehead atoms. The van der Waals surface area contributed by atoms with Gasteiger partial charge < -0.3 is 4.42 Å². The molecule has 4 heteroatoms. The van der Waals surface area contributed by atoms with Crippen LogP contribution in [0.25, 0.3) is 34.2 Å². The van der Waals surface area contributed by atoms with Crippen molar-refractivity contribution in [2.24, 2.45) is 0 Å². The number of carbonyl (C=O) groups is 1. The van der Waals surface area contributed by atoms with Crippen molar-refractivity contribution in [3.05, 3.63) is 114 Å². The average molecular weight is 447 g/mol. The Morgan fingerprint density at radius 1 is 0.912 bits per heavy atom. The lowest BCUT2D eigenvalue weighted by Gasteiger charge is -2.18. The highest BCUT2D eigenvalue weighted by atomic mass is 16.3. The summed E-state index contributed by atoms with van der Waals surface area (Å²) in [7, 11) is 0. The summed E-state index contributed by atoms with van der Waals surface area (Å²) in [6, 6.07) is 27.6. The zero-order valence-electron chi connectivity index (χ0n) is 19.5. The Bertz CT molecular complexity index is 1450. The number of aromatic nitrogens is 2. The highest BCUT2D eigenvalue weighted by Crippen LogP contribution is 2.30. The van der Waals surface area contributed by atoms with Crippen molar-refractivity contribution in [2.45, 2.75) is 26.2 Å². The molecule has 0 unspecified atom stereocenters. The third-order valence-electron chi connectivity index (χ3n) is 5.87. The monoisotopic (exact) mass is 446 g/mol. The van der Waals surface area contributed by atoms with Gasteiger partial charge in [-0.05, 0) is 47.4 Å². The molecule has 0 aliphatic carbocycles. The molecule has 5 rings (SSSR count). The molecule has 0 fully saturated rings. The standard InChI is InChI=1S/C30H26N2O2/c1-30(2,3)24-16-13-21(14-17-24)26(33)18-15-23-20-32(25-10-5-4-6-11-25)31-29(23)28-19-22-9-7-8-12-27(22)34-28/h4-20H,1-3H3. The van der Waals surface area contributed by atoms with Crippen LogP contribution in [0.3, 0.4) is 0 Å². The molecular formula is C30H26N2O2. The zero-order valence-corrected chi connectivity index (χ0v) is 19.5. The molecule has 0 spiro atoms. The number of nitrogens with zero attached hydrogens (tertiary/aromatic N) is 2. The van der Waals surface area contributed by atoms with E-state index in [-0.39, 0.29) is 11.2 Å². The van der Waals surface area contributed by atoms with Gasteiger partial charge in [0.2, 0.25) is 0 Å². The second kappa shape index (κ2) is 8.64. The molecule has 0 radical (unpaired) electrons. The molecule has 0 saturated heterocycles. The Kier molecular flexibility index (Phi) is 5.50. The molecule has 5 aromatic rings. The van der Waals surface area contributed by atoms with E-state index >= 15 is 0 Å². The van der Waals surface area contributed by atoms with Gasteiger partial charge in [-0.2, -0.15) is 5.10 Å². The number of allylic oxidation sites excluding steroid dienone is 1. The first-order valence-corrected chi connectivity index (χ1v) is 11.4. The first-order valence-electron chi connectivity index (χ1n) is 11.4. The first kappa shape index (κ1) is 21.7. The van der Waals surface area contributed by atoms with Gasteiger partial charge >= 0.3 is 0 Å². The van der Waals surface area contributed by atoms with Crippen LogP contribution in [0.4, 0.5) is 0 Å². The predicted molar refractivity (Wildman–Crippen MR) is 137 cm³/mol. The molecule has 2 aromatic heterocycles. The second-order valence-electron chi connectivity index (χ2n) is 9.39. The van der Waals surface area contributed by atoms with Crippen LogP contribution in [-0.2, 0) is 5.41 Å². The van der Waals surface area contributed by atoms with E-state index in [1.807, 2.05) is 102 Å². The summed E-state index contributed by atoms with van der Waals surface area (Å²) in [4.78, 5) is 12.9. The third-order valence-corrected chi connectivity index (χ3v) is 5.87. The lowest BCUT2D eigenvalue weighted by Crippen LogP contribution is -2.11. The third kappa shape index (κ3) is 4.35. The van der Waals surface area contributed by atoms with Gasteiger partial charge in [0.1, 0.15) is 11.3 Å². The number of carbonyl (C=O) groups excluding carboxylic acids is 1. The number of fused-ring (bicyclic) bond motifs is 1. The summed E-state index contributed by atoms with van der Waals surface area (Å²) in [5, 5.41) is 5.81. The maximum absolute atomic E-state index is 12.9. The van der Waals surface area contributed by atoms with E-state index in [4.69, 9.17) is 9.52 Å². The Labute approximate surface area is 199 Å². The van der Waals surface area contributed by atoms with Crippen LogP contribution in [0.1, 0.15) is 42.3 Å². The number of hydrogen-bond acceptors (Lipinski definition) is 3. The van der Waals surface area contributed by atoms with Gasteiger partial charge in [0.15, 0.2) is 11.5 Å². The van der Waals surface area contributed by atoms with E-state index in [1.54, 1.807) is 6.08 Å². The molecule has 0 atom stereocenters. The Morgan fingerprint density at radius 2 is 1.62 bits per heavy atom. The van der Waals surface area contributed by atoms with Crippen molar-refractivity contribution in [3.8, 4) is 17.1 Å². The fourth-order valence-corrected chi connectivity index (χ4v) is 3.91. The minimum Gasteiger partial charge on any atom is -0.454 e. The first-order chi connectivity index (χ1) is 16.4. The second-order valence-corrected chi connectivity index (χ2v) is 9.39. The Morgan fingerprint density at radius 3 is 2.32 bits per heavy atom. The van der Waals surface area contributed by atoms with Crippen molar-refractivity contribution < 1.29 is 9.21 Å². The molecule has 0 aliphatic heterocycles. The van der Waals surface area contributed by atoms with E-state index in [2.05, 4.69) is 20.8 Å². The summed E-state index contributed by atoms with van der Waals surface area (Å²) < 4.78 is 7.90. The number of hydrogen-bond donors (Lipinski definition) is 0. The maximum Gasteiger partial charge on any atom is 0.185 e. The van der Waals surface area contributed by atoms with Crippen molar-refractivity contribution >= 4 is 22.8 Å². The molecule has 0 N–H and O–H groups in total. The van der Waals surface area contributed by atoms with E-state index in [9.17, 15) is 4.79 Å². The summed E-state index contributed by atoms with van der Waals surface area (Å²) in [6.45, 7) is 6.48. The Hall–Kier alpha value is -4.18. The van der Waals surface area contributed by atoms with Gasteiger partial charge in [0.05, 0.1) is 5.69 Å². The summed E-state index contributed by atoms with van der Waals surface area (Å²) in [5.41, 5.74) is 5.13. The number of furan rings is 1. The number of para-hydroxylation sites is 2. The van der Waals surface area contributed by atoms with E-state index < -0.39 is 0 Å². The van der Waals surface area contributed by atoms with Gasteiger partial charge in [0.25, 0.3) is 0 Å². The molecule has 2 heterocycles. The smallest absolute Gasteiger partial charge is 0.185 e. The van der Waals surface area contributed by atoms with E-state index in [0.717, 1.165) is 22.2 Å². The maximum atomic E-state index is 12.9. The van der Waals surface area contributed by atoms with Crippen LogP contribution < -0.4 is 0 Å². The fourth-order valence-electron chi connectivity index (χ4n) is 3.91. The van der Waals surface area contributed by atoms with E-state index in [1.165, 1.54) is 5.56 Å². The molecular weight excluding hydrogens is 420 g/mol. The molecule has 34 heavy (non-hydrogen) atoms. The normalized spacial score (nSPS) is 12.0. The van der Waals surface area contributed by atoms with Gasteiger partial charge in [0, 0.05) is 22.7 Å². The molecule has 168 valence electrons. The molecule has 0 amide bonds. The van der Waals surface area contributed by atoms with Crippen molar-refractivity contribution in [3.63, 3.8) is 0 Å². The van der Waals surface area contributed by atoms with Crippen molar-refractivity contribution in [2.75, 3.05) is 0 Å². The van der Waals surface area contributed by atoms with Crippen molar-refractivity contribution in [1.82, 2.24) is 9.78 Å². The lowest BCUT2D eigenvalue weighted by molar-refractivity contribution is 0.104. The highest BCUT2D eigenvalue weighted by molar-refractivity contribution is 6.07. The largest absolute Gasteiger partial charge is 0.454 e. The number of benzene rings is 3. The van der Waals surface area contributed by atoms with Crippen LogP contribution in [0.5, 0.6) is 0 Å². The number of rotatable bonds is 5. The minimum absolute atomic E-state index is 0.0465. The SMILES string of the molecule is CC(C)(C)c1ccc(C(=O)C=Cc2cn(-c3ccccc3)nc2-c2cc3ccccc3o2)cc1. The summed E-state index contributed by atoms with van der Waals surface area (Å²) in [6.07, 6.45) is 5.34. The van der Waals surface area contributed by atoms with Crippen LogP contribution in [0.15, 0.2) is 102 Å². The summed E-state index contributed by atoms with van der Waals surface area (Å²) >= 11 is 0. The van der Waals surface area contributed by atoms with Gasteiger partial charge in [-0.25, -0.2) is 4.68 Å². The highest BCUT2D eigenvalue weighted by Gasteiger charge is 2.16. The molecule has 0 saturated carbocycles. The zero-order chi connectivity index (χ0) is 23.7. The van der Waals surface area contributed by atoms with Gasteiger partial charge in [-0.15, -0.1) is 0 Å². The average Bonchev–Trinajstić information content (AvgIpc) is 3.47. The summed E-state index contributed by atoms with van der Waals surface area (Å²) in [5.74, 6) is 0.612. The van der Waals surface area contributed by atoms with Gasteiger partial charge in [-0.3, -0.25) is 4.79 Å². The quantitative estimate of drug-likeness (QED) is 0.208. The number of ketones is 1.